The van der Waals surface area contributed by atoms with Crippen molar-refractivity contribution < 1.29 is 9.18 Å². The number of carbonyl (C=O) groups is 1. The fourth-order valence-electron chi connectivity index (χ4n) is 4.85. The molecule has 1 aliphatic rings. The Labute approximate surface area is 209 Å². The Kier molecular flexibility index (Phi) is 6.73. The first-order valence-electron chi connectivity index (χ1n) is 12.1. The lowest BCUT2D eigenvalue weighted by molar-refractivity contribution is 0.0944. The summed E-state index contributed by atoms with van der Waals surface area (Å²) in [6, 6.07) is 19.5. The van der Waals surface area contributed by atoms with Crippen molar-refractivity contribution in [3.05, 3.63) is 100 Å². The van der Waals surface area contributed by atoms with Crippen LogP contribution in [0.4, 0.5) is 10.1 Å². The topological polar surface area (TPSA) is 49.6 Å². The lowest BCUT2D eigenvalue weighted by Gasteiger charge is -2.34. The molecule has 5 nitrogen and oxygen atoms in total. The summed E-state index contributed by atoms with van der Waals surface area (Å²) in [6.07, 6.45) is 4.12. The predicted octanol–water partition coefficient (Wildman–Crippen LogP) is 6.00. The quantitative estimate of drug-likeness (QED) is 0.360. The zero-order valence-electron chi connectivity index (χ0n) is 19.7. The molecule has 0 radical (unpaired) electrons. The van der Waals surface area contributed by atoms with E-state index in [0.29, 0.717) is 35.9 Å². The van der Waals surface area contributed by atoms with Crippen molar-refractivity contribution in [1.29, 1.82) is 0 Å². The first kappa shape index (κ1) is 23.4. The van der Waals surface area contributed by atoms with Crippen LogP contribution in [0.3, 0.4) is 0 Å². The zero-order chi connectivity index (χ0) is 24.4. The van der Waals surface area contributed by atoms with Crippen molar-refractivity contribution in [1.82, 2.24) is 14.7 Å². The van der Waals surface area contributed by atoms with Gasteiger partial charge in [0.2, 0.25) is 0 Å². The summed E-state index contributed by atoms with van der Waals surface area (Å²) in [5.41, 5.74) is 5.18. The molecule has 180 valence electrons. The lowest BCUT2D eigenvalue weighted by Crippen LogP contribution is -2.32. The molecule has 0 spiro atoms. The number of nitrogens with zero attached hydrogens (tertiary/aromatic N) is 3. The zero-order valence-corrected chi connectivity index (χ0v) is 20.4. The standard InChI is InChI=1S/C28H28ClFN4O/c1-2-25-27(34-18-23(30)9-12-26(34)32-25)28(35)31-17-19-3-10-24(11-4-19)33-15-13-21(14-16-33)20-5-7-22(29)8-6-20/h3-12,18,21H,2,13-17H2,1H3,(H,31,35). The average Bonchev–Trinajstić information content (AvgIpc) is 3.26. The van der Waals surface area contributed by atoms with Gasteiger partial charge in [-0.2, -0.15) is 0 Å². The fourth-order valence-corrected chi connectivity index (χ4v) is 4.98. The number of amides is 1. The summed E-state index contributed by atoms with van der Waals surface area (Å²) in [5, 5.41) is 3.75. The maximum atomic E-state index is 13.8. The number of hydrogen-bond acceptors (Lipinski definition) is 3. The summed E-state index contributed by atoms with van der Waals surface area (Å²) in [4.78, 5) is 19.8. The molecule has 0 saturated carbocycles. The number of rotatable bonds is 6. The van der Waals surface area contributed by atoms with Crippen LogP contribution in [0.15, 0.2) is 66.9 Å². The highest BCUT2D eigenvalue weighted by atomic mass is 35.5. The van der Waals surface area contributed by atoms with Crippen LogP contribution in [-0.2, 0) is 13.0 Å². The van der Waals surface area contributed by atoms with E-state index in [4.69, 9.17) is 11.6 Å². The van der Waals surface area contributed by atoms with Crippen LogP contribution in [0.1, 0.15) is 53.0 Å². The second-order valence-electron chi connectivity index (χ2n) is 9.00. The Hall–Kier alpha value is -3.38. The smallest absolute Gasteiger partial charge is 0.270 e. The van der Waals surface area contributed by atoms with Crippen molar-refractivity contribution >= 4 is 28.8 Å². The molecule has 35 heavy (non-hydrogen) atoms. The molecule has 2 aromatic heterocycles. The summed E-state index contributed by atoms with van der Waals surface area (Å²) in [6.45, 7) is 4.34. The van der Waals surface area contributed by atoms with Crippen molar-refractivity contribution in [2.24, 2.45) is 0 Å². The van der Waals surface area contributed by atoms with Gasteiger partial charge in [-0.05, 0) is 72.7 Å². The number of fused-ring (bicyclic) bond motifs is 1. The van der Waals surface area contributed by atoms with Gasteiger partial charge in [0.1, 0.15) is 17.2 Å². The molecular weight excluding hydrogens is 463 g/mol. The fraction of sp³-hybridized carbons (Fsp3) is 0.286. The number of hydrogen-bond donors (Lipinski definition) is 1. The summed E-state index contributed by atoms with van der Waals surface area (Å²) >= 11 is 6.03. The molecule has 1 saturated heterocycles. The Bertz CT molecular complexity index is 1330. The third-order valence-electron chi connectivity index (χ3n) is 6.80. The lowest BCUT2D eigenvalue weighted by atomic mass is 9.89. The molecule has 0 bridgehead atoms. The summed E-state index contributed by atoms with van der Waals surface area (Å²) in [5.74, 6) is -0.0909. The molecule has 7 heteroatoms. The summed E-state index contributed by atoms with van der Waals surface area (Å²) < 4.78 is 15.3. The van der Waals surface area contributed by atoms with E-state index in [2.05, 4.69) is 51.6 Å². The monoisotopic (exact) mass is 490 g/mol. The van der Waals surface area contributed by atoms with E-state index in [1.165, 1.54) is 27.9 Å². The Morgan fingerprint density at radius 2 is 1.77 bits per heavy atom. The first-order chi connectivity index (χ1) is 17.0. The van der Waals surface area contributed by atoms with Gasteiger partial charge in [0.15, 0.2) is 0 Å². The van der Waals surface area contributed by atoms with E-state index in [0.717, 1.165) is 36.5 Å². The second-order valence-corrected chi connectivity index (χ2v) is 9.43. The van der Waals surface area contributed by atoms with Gasteiger partial charge in [0, 0.05) is 36.5 Å². The van der Waals surface area contributed by atoms with Crippen molar-refractivity contribution in [2.45, 2.75) is 38.6 Å². The van der Waals surface area contributed by atoms with Crippen LogP contribution in [0.2, 0.25) is 5.02 Å². The Morgan fingerprint density at radius 1 is 1.06 bits per heavy atom. The van der Waals surface area contributed by atoms with Crippen LogP contribution < -0.4 is 10.2 Å². The Morgan fingerprint density at radius 3 is 2.46 bits per heavy atom. The van der Waals surface area contributed by atoms with Crippen LogP contribution >= 0.6 is 11.6 Å². The molecule has 0 unspecified atom stereocenters. The highest BCUT2D eigenvalue weighted by Crippen LogP contribution is 2.31. The molecule has 3 heterocycles. The molecule has 2 aromatic carbocycles. The molecule has 0 atom stereocenters. The molecule has 4 aromatic rings. The number of carbonyl (C=O) groups excluding carboxylic acids is 1. The van der Waals surface area contributed by atoms with E-state index >= 15 is 0 Å². The number of halogens is 2. The number of aryl methyl sites for hydroxylation is 1. The minimum Gasteiger partial charge on any atom is -0.371 e. The van der Waals surface area contributed by atoms with Gasteiger partial charge < -0.3 is 10.2 Å². The van der Waals surface area contributed by atoms with E-state index in [1.54, 1.807) is 6.07 Å². The highest BCUT2D eigenvalue weighted by molar-refractivity contribution is 6.30. The minimum atomic E-state index is -0.403. The number of imidazole rings is 1. The molecule has 5 rings (SSSR count). The van der Waals surface area contributed by atoms with Crippen molar-refractivity contribution in [2.75, 3.05) is 18.0 Å². The molecule has 1 aliphatic heterocycles. The van der Waals surface area contributed by atoms with Crippen LogP contribution in [0, 0.1) is 5.82 Å². The minimum absolute atomic E-state index is 0.256. The van der Waals surface area contributed by atoms with Gasteiger partial charge in [-0.25, -0.2) is 9.37 Å². The van der Waals surface area contributed by atoms with Gasteiger partial charge in [-0.15, -0.1) is 0 Å². The first-order valence-corrected chi connectivity index (χ1v) is 12.4. The summed E-state index contributed by atoms with van der Waals surface area (Å²) in [7, 11) is 0. The maximum Gasteiger partial charge on any atom is 0.270 e. The largest absolute Gasteiger partial charge is 0.371 e. The average molecular weight is 491 g/mol. The van der Waals surface area contributed by atoms with Crippen LogP contribution in [0.25, 0.3) is 5.65 Å². The van der Waals surface area contributed by atoms with Gasteiger partial charge in [0.05, 0.1) is 5.69 Å². The molecule has 0 aliphatic carbocycles. The number of pyridine rings is 1. The highest BCUT2D eigenvalue weighted by Gasteiger charge is 2.21. The van der Waals surface area contributed by atoms with E-state index < -0.39 is 5.82 Å². The number of aromatic nitrogens is 2. The van der Waals surface area contributed by atoms with Crippen LogP contribution in [-0.4, -0.2) is 28.4 Å². The van der Waals surface area contributed by atoms with E-state index in [9.17, 15) is 9.18 Å². The Balaban J connectivity index is 1.20. The number of anilines is 1. The normalized spacial score (nSPS) is 14.4. The third kappa shape index (κ3) is 5.03. The van der Waals surface area contributed by atoms with Crippen LogP contribution in [0.5, 0.6) is 0 Å². The van der Waals surface area contributed by atoms with Gasteiger partial charge in [-0.3, -0.25) is 9.20 Å². The van der Waals surface area contributed by atoms with E-state index in [1.807, 2.05) is 19.1 Å². The van der Waals surface area contributed by atoms with Gasteiger partial charge >= 0.3 is 0 Å². The van der Waals surface area contributed by atoms with Gasteiger partial charge in [0.25, 0.3) is 5.91 Å². The van der Waals surface area contributed by atoms with Crippen molar-refractivity contribution in [3.8, 4) is 0 Å². The third-order valence-corrected chi connectivity index (χ3v) is 7.05. The van der Waals surface area contributed by atoms with Crippen molar-refractivity contribution in [3.63, 3.8) is 0 Å². The SMILES string of the molecule is CCc1nc2ccc(F)cn2c1C(=O)NCc1ccc(N2CCC(c3ccc(Cl)cc3)CC2)cc1. The van der Waals surface area contributed by atoms with E-state index in [-0.39, 0.29) is 5.91 Å². The number of piperidine rings is 1. The van der Waals surface area contributed by atoms with Gasteiger partial charge in [-0.1, -0.05) is 42.8 Å². The molecule has 1 amide bonds. The second kappa shape index (κ2) is 10.1. The molecule has 1 fully saturated rings. The molecule has 1 N–H and O–H groups in total. The number of benzene rings is 2. The molecular formula is C28H28ClFN4O. The maximum absolute atomic E-state index is 13.8. The predicted molar refractivity (Wildman–Crippen MR) is 138 cm³/mol. The number of nitrogens with one attached hydrogen (secondary N) is 1.